The summed E-state index contributed by atoms with van der Waals surface area (Å²) in [5, 5.41) is 0. The van der Waals surface area contributed by atoms with Gasteiger partial charge in [-0.15, -0.1) is 0 Å². The highest BCUT2D eigenvalue weighted by molar-refractivity contribution is 7.46. The van der Waals surface area contributed by atoms with Crippen LogP contribution in [0.1, 0.15) is 6.92 Å². The molecule has 0 spiro atoms. The van der Waals surface area contributed by atoms with E-state index in [0.717, 1.165) is 0 Å². The first-order chi connectivity index (χ1) is 7.06. The zero-order chi connectivity index (χ0) is 14.9. The topological polar surface area (TPSA) is 119 Å². The van der Waals surface area contributed by atoms with E-state index < -0.39 is 20.4 Å². The fourth-order valence-electron chi connectivity index (χ4n) is 0.168. The first-order valence-corrected chi connectivity index (χ1v) is 5.00. The highest BCUT2D eigenvalue weighted by Crippen LogP contribution is 2.34. The summed E-state index contributed by atoms with van der Waals surface area (Å²) in [6, 6.07) is 0. The van der Waals surface area contributed by atoms with E-state index >= 15 is 0 Å². The van der Waals surface area contributed by atoms with E-state index in [1.165, 1.54) is 6.92 Å². The summed E-state index contributed by atoms with van der Waals surface area (Å²) in [6.45, 7) is 1.56. The Bertz CT molecular complexity index is 201. The molecule has 6 nitrogen and oxygen atoms in total. The molecular weight excluding hydrogens is 285 g/mol. The normalized spacial score (nSPS) is 11.9. The summed E-state index contributed by atoms with van der Waals surface area (Å²) < 4.78 is 74.4. The molecule has 17 heavy (non-hydrogen) atoms. The Hall–Kier alpha value is -0.390. The average molecular weight is 296 g/mol. The minimum Gasteiger partial charge on any atom is -0.303 e. The van der Waals surface area contributed by atoms with Gasteiger partial charge in [-0.25, -0.2) is 16.0 Å². The van der Waals surface area contributed by atoms with Gasteiger partial charge in [0.2, 0.25) is 0 Å². The molecule has 0 atom stereocenters. The zero-order valence-corrected chi connectivity index (χ0v) is 9.18. The van der Waals surface area contributed by atoms with Crippen LogP contribution in [0.3, 0.4) is 0 Å². The Kier molecular flexibility index (Phi) is 11.1. The molecule has 0 aromatic heterocycles. The molecule has 0 amide bonds. The highest BCUT2D eigenvalue weighted by Gasteiger charge is 2.17. The van der Waals surface area contributed by atoms with Gasteiger partial charge >= 0.3 is 20.4 Å². The second kappa shape index (κ2) is 8.66. The standard InChI is InChI=1S/C2H7O4P.2CH2F3N/c1-2-6-7(3,4)5;2*2-1(3,4)5/h2H2,1H3,(H2,3,4,5);2*5H2. The second-order valence-corrected chi connectivity index (χ2v) is 3.23. The number of rotatable bonds is 2. The minimum absolute atomic E-state index is 0.0459. The fourth-order valence-corrected chi connectivity index (χ4v) is 0.505. The zero-order valence-electron chi connectivity index (χ0n) is 8.29. The molecule has 0 aromatic rings. The van der Waals surface area contributed by atoms with Crippen molar-refractivity contribution in [1.29, 1.82) is 0 Å². The summed E-state index contributed by atoms with van der Waals surface area (Å²) in [7, 11) is -4.17. The van der Waals surface area contributed by atoms with Crippen molar-refractivity contribution in [1.82, 2.24) is 0 Å². The van der Waals surface area contributed by atoms with Crippen LogP contribution in [0.2, 0.25) is 0 Å². The summed E-state index contributed by atoms with van der Waals surface area (Å²) in [5.74, 6) is 0. The van der Waals surface area contributed by atoms with Crippen molar-refractivity contribution < 1.29 is 45.2 Å². The van der Waals surface area contributed by atoms with E-state index in [4.69, 9.17) is 9.79 Å². The molecule has 0 aromatic carbocycles. The number of phosphoric ester groups is 1. The molecule has 0 rings (SSSR count). The number of halogens is 6. The quantitative estimate of drug-likeness (QED) is 0.343. The fraction of sp³-hybridized carbons (Fsp3) is 1.00. The lowest BCUT2D eigenvalue weighted by atomic mass is 10.9. The largest absolute Gasteiger partial charge is 0.469 e. The number of phosphoric acid groups is 1. The molecule has 0 heterocycles. The second-order valence-electron chi connectivity index (χ2n) is 1.99. The molecule has 108 valence electrons. The predicted molar refractivity (Wildman–Crippen MR) is 44.2 cm³/mol. The van der Waals surface area contributed by atoms with Gasteiger partial charge in [0.05, 0.1) is 6.61 Å². The molecule has 0 aliphatic heterocycles. The van der Waals surface area contributed by atoms with Crippen LogP contribution in [0.25, 0.3) is 0 Å². The van der Waals surface area contributed by atoms with Gasteiger partial charge in [-0.1, -0.05) is 0 Å². The van der Waals surface area contributed by atoms with Crippen LogP contribution in [0.15, 0.2) is 0 Å². The van der Waals surface area contributed by atoms with Crippen LogP contribution in [-0.2, 0) is 9.09 Å². The van der Waals surface area contributed by atoms with Crippen molar-refractivity contribution in [3.8, 4) is 0 Å². The van der Waals surface area contributed by atoms with Gasteiger partial charge in [0.1, 0.15) is 0 Å². The van der Waals surface area contributed by atoms with Crippen LogP contribution in [0.4, 0.5) is 26.3 Å². The van der Waals surface area contributed by atoms with Gasteiger partial charge in [0, 0.05) is 0 Å². The molecule has 0 saturated heterocycles. The molecule has 0 unspecified atom stereocenters. The lowest BCUT2D eigenvalue weighted by molar-refractivity contribution is -0.123. The molecule has 6 N–H and O–H groups in total. The van der Waals surface area contributed by atoms with Crippen LogP contribution < -0.4 is 11.5 Å². The Labute approximate surface area is 91.8 Å². The van der Waals surface area contributed by atoms with Crippen molar-refractivity contribution in [3.63, 3.8) is 0 Å². The van der Waals surface area contributed by atoms with Crippen LogP contribution in [-0.4, -0.2) is 29.0 Å². The number of hydrogen-bond acceptors (Lipinski definition) is 4. The van der Waals surface area contributed by atoms with Crippen LogP contribution in [0.5, 0.6) is 0 Å². The van der Waals surface area contributed by atoms with Crippen molar-refractivity contribution >= 4 is 7.82 Å². The Morgan fingerprint density at radius 2 is 1.24 bits per heavy atom. The summed E-state index contributed by atoms with van der Waals surface area (Å²) in [5.41, 5.74) is 6.71. The van der Waals surface area contributed by atoms with E-state index in [9.17, 15) is 30.9 Å². The lowest BCUT2D eigenvalue weighted by Gasteiger charge is -1.98. The molecule has 0 fully saturated rings. The van der Waals surface area contributed by atoms with Gasteiger partial charge < -0.3 is 9.79 Å². The number of nitrogens with two attached hydrogens (primary N) is 2. The van der Waals surface area contributed by atoms with E-state index in [2.05, 4.69) is 16.0 Å². The third kappa shape index (κ3) is 222. The smallest absolute Gasteiger partial charge is 0.303 e. The Morgan fingerprint density at radius 1 is 1.06 bits per heavy atom. The highest BCUT2D eigenvalue weighted by atomic mass is 31.2. The summed E-state index contributed by atoms with van der Waals surface area (Å²) in [6.07, 6.45) is -9.00. The molecule has 0 bridgehead atoms. The third-order valence-electron chi connectivity index (χ3n) is 0.297. The maximum absolute atomic E-state index is 10.1. The summed E-state index contributed by atoms with van der Waals surface area (Å²) >= 11 is 0. The number of hydrogen-bond donors (Lipinski definition) is 4. The average Bonchev–Trinajstić information content (AvgIpc) is 1.73. The van der Waals surface area contributed by atoms with E-state index in [0.29, 0.717) is 0 Å². The molecule has 0 aliphatic rings. The molecule has 0 aliphatic carbocycles. The lowest BCUT2D eigenvalue weighted by Crippen LogP contribution is -2.20. The first kappa shape index (κ1) is 21.9. The SMILES string of the molecule is CCOP(=O)(O)O.NC(F)(F)F.NC(F)(F)F. The van der Waals surface area contributed by atoms with E-state index in [1.807, 2.05) is 0 Å². The van der Waals surface area contributed by atoms with Gasteiger partial charge in [0.15, 0.2) is 0 Å². The van der Waals surface area contributed by atoms with Gasteiger partial charge in [-0.05, 0) is 6.92 Å². The predicted octanol–water partition coefficient (Wildman–Crippen LogP) is 1.05. The molecule has 13 heteroatoms. The van der Waals surface area contributed by atoms with Crippen molar-refractivity contribution in [2.24, 2.45) is 11.5 Å². The monoisotopic (exact) mass is 296 g/mol. The Morgan fingerprint density at radius 3 is 1.24 bits per heavy atom. The van der Waals surface area contributed by atoms with E-state index in [1.54, 1.807) is 0 Å². The van der Waals surface area contributed by atoms with Crippen molar-refractivity contribution in [2.45, 2.75) is 19.5 Å². The van der Waals surface area contributed by atoms with E-state index in [-0.39, 0.29) is 6.61 Å². The molecular formula is C4H11F6N2O4P. The maximum Gasteiger partial charge on any atom is 0.469 e. The minimum atomic E-state index is -4.50. The van der Waals surface area contributed by atoms with Crippen LogP contribution in [0, 0.1) is 0 Å². The maximum atomic E-state index is 10.1. The summed E-state index contributed by atoms with van der Waals surface area (Å²) in [4.78, 5) is 15.8. The van der Waals surface area contributed by atoms with Crippen molar-refractivity contribution in [2.75, 3.05) is 6.61 Å². The molecule has 0 radical (unpaired) electrons. The van der Waals surface area contributed by atoms with Gasteiger partial charge in [-0.2, -0.15) is 26.3 Å². The van der Waals surface area contributed by atoms with Gasteiger partial charge in [0.25, 0.3) is 0 Å². The van der Waals surface area contributed by atoms with Crippen molar-refractivity contribution in [3.05, 3.63) is 0 Å². The van der Waals surface area contributed by atoms with Gasteiger partial charge in [-0.3, -0.25) is 4.52 Å². The van der Waals surface area contributed by atoms with Crippen LogP contribution >= 0.6 is 7.82 Å². The first-order valence-electron chi connectivity index (χ1n) is 3.47. The Balaban J connectivity index is -0.000000177. The number of alkyl halides is 6. The molecule has 0 saturated carbocycles. The third-order valence-corrected chi connectivity index (χ3v) is 0.892.